The first-order chi connectivity index (χ1) is 11.1. The molecule has 6 nitrogen and oxygen atoms in total. The topological polar surface area (TPSA) is 109 Å². The van der Waals surface area contributed by atoms with Crippen molar-refractivity contribution in [2.45, 2.75) is 13.3 Å². The van der Waals surface area contributed by atoms with Gasteiger partial charge >= 0.3 is 11.9 Å². The standard InChI is InChI=1S/C17H18O6S/c1-11-14(15(18)19)13(24(2,22)23)8-9-17(11,16(20)21)10-12-6-4-3-5-7-12/h3-9,11H,10H2,1-2H3,(H,18,19)(H,20,21). The zero-order valence-electron chi connectivity index (χ0n) is 13.3. The minimum absolute atomic E-state index is 0.0641. The molecular weight excluding hydrogens is 332 g/mol. The molecule has 7 heteroatoms. The molecular formula is C17H18O6S. The number of benzene rings is 1. The summed E-state index contributed by atoms with van der Waals surface area (Å²) in [7, 11) is -3.78. The quantitative estimate of drug-likeness (QED) is 0.839. The summed E-state index contributed by atoms with van der Waals surface area (Å²) in [5, 5.41) is 19.3. The molecule has 2 atom stereocenters. The van der Waals surface area contributed by atoms with Crippen LogP contribution < -0.4 is 0 Å². The first-order valence-electron chi connectivity index (χ1n) is 7.23. The summed E-state index contributed by atoms with van der Waals surface area (Å²) in [4.78, 5) is 23.3. The van der Waals surface area contributed by atoms with Gasteiger partial charge in [0.25, 0.3) is 0 Å². The molecule has 1 aromatic rings. The highest BCUT2D eigenvalue weighted by atomic mass is 32.2. The predicted octanol–water partition coefficient (Wildman–Crippen LogP) is 1.89. The Bertz CT molecular complexity index is 835. The first kappa shape index (κ1) is 17.9. The van der Waals surface area contributed by atoms with Crippen LogP contribution in [0.5, 0.6) is 0 Å². The van der Waals surface area contributed by atoms with Gasteiger partial charge in [0.1, 0.15) is 0 Å². The Kier molecular flexibility index (Phi) is 4.66. The van der Waals surface area contributed by atoms with Crippen molar-refractivity contribution in [2.24, 2.45) is 11.3 Å². The number of aliphatic carboxylic acids is 2. The number of carboxylic acids is 2. The molecule has 0 radical (unpaired) electrons. The van der Waals surface area contributed by atoms with Crippen LogP contribution in [0, 0.1) is 11.3 Å². The van der Waals surface area contributed by atoms with Gasteiger partial charge in [-0.2, -0.15) is 0 Å². The average molecular weight is 350 g/mol. The van der Waals surface area contributed by atoms with Gasteiger partial charge in [0, 0.05) is 12.2 Å². The van der Waals surface area contributed by atoms with Crippen LogP contribution in [0.15, 0.2) is 53.0 Å². The molecule has 128 valence electrons. The van der Waals surface area contributed by atoms with Crippen molar-refractivity contribution >= 4 is 21.8 Å². The van der Waals surface area contributed by atoms with Gasteiger partial charge in [0.05, 0.1) is 15.9 Å². The molecule has 0 spiro atoms. The fraction of sp³-hybridized carbons (Fsp3) is 0.294. The fourth-order valence-corrected chi connectivity index (χ4v) is 4.00. The van der Waals surface area contributed by atoms with E-state index in [2.05, 4.69) is 0 Å². The van der Waals surface area contributed by atoms with E-state index >= 15 is 0 Å². The number of hydrogen-bond acceptors (Lipinski definition) is 4. The summed E-state index contributed by atoms with van der Waals surface area (Å²) in [6.07, 6.45) is 3.38. The molecule has 24 heavy (non-hydrogen) atoms. The maximum Gasteiger partial charge on any atom is 0.333 e. The largest absolute Gasteiger partial charge is 0.481 e. The Labute approximate surface area is 140 Å². The lowest BCUT2D eigenvalue weighted by atomic mass is 9.66. The maximum absolute atomic E-state index is 12.0. The molecule has 0 aromatic heterocycles. The van der Waals surface area contributed by atoms with E-state index in [9.17, 15) is 28.2 Å². The van der Waals surface area contributed by atoms with Crippen LogP contribution >= 0.6 is 0 Å². The maximum atomic E-state index is 12.0. The molecule has 1 aliphatic rings. The van der Waals surface area contributed by atoms with Gasteiger partial charge in [-0.3, -0.25) is 4.79 Å². The third-order valence-corrected chi connectivity index (χ3v) is 5.53. The van der Waals surface area contributed by atoms with Crippen LogP contribution in [0.4, 0.5) is 0 Å². The zero-order valence-corrected chi connectivity index (χ0v) is 14.1. The molecule has 0 amide bonds. The summed E-state index contributed by atoms with van der Waals surface area (Å²) < 4.78 is 23.7. The number of sulfone groups is 1. The molecule has 1 aromatic carbocycles. The van der Waals surface area contributed by atoms with Crippen LogP contribution in [-0.2, 0) is 25.8 Å². The average Bonchev–Trinajstić information content (AvgIpc) is 2.48. The minimum Gasteiger partial charge on any atom is -0.481 e. The molecule has 0 bridgehead atoms. The lowest BCUT2D eigenvalue weighted by Gasteiger charge is -2.36. The molecule has 0 heterocycles. The van der Waals surface area contributed by atoms with Crippen LogP contribution in [0.3, 0.4) is 0 Å². The van der Waals surface area contributed by atoms with Gasteiger partial charge in [-0.15, -0.1) is 0 Å². The molecule has 0 fully saturated rings. The van der Waals surface area contributed by atoms with Crippen molar-refractivity contribution in [3.63, 3.8) is 0 Å². The highest BCUT2D eigenvalue weighted by molar-refractivity contribution is 7.94. The highest BCUT2D eigenvalue weighted by Gasteiger charge is 2.48. The number of rotatable bonds is 5. The summed E-state index contributed by atoms with van der Waals surface area (Å²) >= 11 is 0. The van der Waals surface area contributed by atoms with Crippen molar-refractivity contribution < 1.29 is 28.2 Å². The fourth-order valence-electron chi connectivity index (χ4n) is 3.02. The van der Waals surface area contributed by atoms with Crippen LogP contribution in [0.25, 0.3) is 0 Å². The summed E-state index contributed by atoms with van der Waals surface area (Å²) in [5.41, 5.74) is -1.19. The summed E-state index contributed by atoms with van der Waals surface area (Å²) in [6.45, 7) is 1.44. The molecule has 0 saturated heterocycles. The second-order valence-electron chi connectivity index (χ2n) is 5.92. The predicted molar refractivity (Wildman–Crippen MR) is 88.0 cm³/mol. The number of hydrogen-bond donors (Lipinski definition) is 2. The van der Waals surface area contributed by atoms with Gasteiger partial charge in [-0.1, -0.05) is 43.3 Å². The SMILES string of the molecule is CC1C(C(=O)O)=C(S(C)(=O)=O)C=CC1(Cc1ccccc1)C(=O)O. The van der Waals surface area contributed by atoms with Crippen molar-refractivity contribution in [2.75, 3.05) is 6.26 Å². The molecule has 0 saturated carbocycles. The van der Waals surface area contributed by atoms with E-state index in [1.807, 2.05) is 0 Å². The van der Waals surface area contributed by atoms with E-state index in [0.29, 0.717) is 0 Å². The molecule has 2 unspecified atom stereocenters. The number of allylic oxidation sites excluding steroid dienone is 1. The van der Waals surface area contributed by atoms with Crippen molar-refractivity contribution in [3.05, 3.63) is 58.5 Å². The third kappa shape index (κ3) is 3.12. The Morgan fingerprint density at radius 2 is 1.75 bits per heavy atom. The lowest BCUT2D eigenvalue weighted by molar-refractivity contribution is -0.148. The molecule has 0 aliphatic heterocycles. The number of carboxylic acid groups (broad SMARTS) is 2. The Balaban J connectivity index is 2.62. The lowest BCUT2D eigenvalue weighted by Crippen LogP contribution is -2.42. The highest BCUT2D eigenvalue weighted by Crippen LogP contribution is 2.44. The van der Waals surface area contributed by atoms with Gasteiger partial charge in [0.15, 0.2) is 9.84 Å². The first-order valence-corrected chi connectivity index (χ1v) is 9.13. The van der Waals surface area contributed by atoms with Gasteiger partial charge in [-0.05, 0) is 18.1 Å². The van der Waals surface area contributed by atoms with Crippen LogP contribution in [0.1, 0.15) is 12.5 Å². The second-order valence-corrected chi connectivity index (χ2v) is 7.90. The van der Waals surface area contributed by atoms with E-state index < -0.39 is 38.7 Å². The van der Waals surface area contributed by atoms with Crippen LogP contribution in [0.2, 0.25) is 0 Å². The summed E-state index contributed by atoms with van der Waals surface area (Å²) in [5.74, 6) is -3.63. The molecule has 2 N–H and O–H groups in total. The third-order valence-electron chi connectivity index (χ3n) is 4.37. The van der Waals surface area contributed by atoms with Gasteiger partial charge < -0.3 is 10.2 Å². The van der Waals surface area contributed by atoms with E-state index in [1.165, 1.54) is 13.0 Å². The minimum atomic E-state index is -3.78. The van der Waals surface area contributed by atoms with Crippen molar-refractivity contribution in [1.82, 2.24) is 0 Å². The summed E-state index contributed by atoms with van der Waals surface area (Å²) in [6, 6.07) is 8.82. The van der Waals surface area contributed by atoms with Gasteiger partial charge in [-0.25, -0.2) is 13.2 Å². The second kappa shape index (κ2) is 6.24. The van der Waals surface area contributed by atoms with Crippen molar-refractivity contribution in [3.8, 4) is 0 Å². The van der Waals surface area contributed by atoms with E-state index in [-0.39, 0.29) is 11.3 Å². The van der Waals surface area contributed by atoms with Crippen LogP contribution in [-0.4, -0.2) is 36.8 Å². The zero-order chi connectivity index (χ0) is 18.1. The normalized spacial score (nSPS) is 24.0. The van der Waals surface area contributed by atoms with E-state index in [1.54, 1.807) is 30.3 Å². The van der Waals surface area contributed by atoms with Crippen molar-refractivity contribution in [1.29, 1.82) is 0 Å². The Hall–Kier alpha value is -2.41. The Morgan fingerprint density at radius 1 is 1.17 bits per heavy atom. The van der Waals surface area contributed by atoms with E-state index in [0.717, 1.165) is 17.9 Å². The molecule has 1 aliphatic carbocycles. The Morgan fingerprint density at radius 3 is 2.21 bits per heavy atom. The monoisotopic (exact) mass is 350 g/mol. The van der Waals surface area contributed by atoms with E-state index in [4.69, 9.17) is 0 Å². The molecule has 2 rings (SSSR count). The van der Waals surface area contributed by atoms with Gasteiger partial charge in [0.2, 0.25) is 0 Å². The smallest absolute Gasteiger partial charge is 0.333 e. The number of carbonyl (C=O) groups is 2.